The lowest BCUT2D eigenvalue weighted by Crippen LogP contribution is -2.26. The van der Waals surface area contributed by atoms with E-state index in [4.69, 9.17) is 11.2 Å². The van der Waals surface area contributed by atoms with Crippen LogP contribution in [0.15, 0.2) is 22.7 Å². The lowest BCUT2D eigenvalue weighted by atomic mass is 10.2. The van der Waals surface area contributed by atoms with Crippen molar-refractivity contribution in [1.82, 2.24) is 4.90 Å². The van der Waals surface area contributed by atoms with Crippen LogP contribution in [-0.4, -0.2) is 31.5 Å². The fourth-order valence-electron chi connectivity index (χ4n) is 1.23. The summed E-state index contributed by atoms with van der Waals surface area (Å²) < 4.78 is 5.83. The Labute approximate surface area is 104 Å². The highest BCUT2D eigenvalue weighted by atomic mass is 79.9. The van der Waals surface area contributed by atoms with Crippen LogP contribution in [-0.2, 0) is 0 Å². The van der Waals surface area contributed by atoms with E-state index in [2.05, 4.69) is 21.9 Å². The van der Waals surface area contributed by atoms with Crippen molar-refractivity contribution < 1.29 is 9.53 Å². The summed E-state index contributed by atoms with van der Waals surface area (Å²) in [7, 11) is 3.24. The highest BCUT2D eigenvalue weighted by Crippen LogP contribution is 2.25. The van der Waals surface area contributed by atoms with Gasteiger partial charge in [0.1, 0.15) is 5.75 Å². The summed E-state index contributed by atoms with van der Waals surface area (Å²) in [6, 6.07) is 5.16. The number of hydrogen-bond donors (Lipinski definition) is 0. The number of hydrogen-bond acceptors (Lipinski definition) is 2. The van der Waals surface area contributed by atoms with E-state index in [1.165, 1.54) is 4.90 Å². The Morgan fingerprint density at radius 3 is 2.81 bits per heavy atom. The molecule has 3 nitrogen and oxygen atoms in total. The van der Waals surface area contributed by atoms with Gasteiger partial charge in [0, 0.05) is 12.6 Å². The number of ether oxygens (including phenoxy) is 1. The number of halogens is 1. The predicted octanol–water partition coefficient (Wildman–Crippen LogP) is 2.16. The van der Waals surface area contributed by atoms with Crippen LogP contribution in [0.3, 0.4) is 0 Å². The summed E-state index contributed by atoms with van der Waals surface area (Å²) in [4.78, 5) is 13.3. The van der Waals surface area contributed by atoms with Crippen molar-refractivity contribution in [1.29, 1.82) is 0 Å². The number of amides is 1. The first-order valence-electron chi connectivity index (χ1n) is 4.62. The molecular formula is C12H12BrNO2. The molecule has 1 amide bonds. The van der Waals surface area contributed by atoms with Crippen molar-refractivity contribution >= 4 is 21.8 Å². The van der Waals surface area contributed by atoms with E-state index in [1.807, 2.05) is 0 Å². The lowest BCUT2D eigenvalue weighted by molar-refractivity contribution is 0.0812. The zero-order valence-corrected chi connectivity index (χ0v) is 10.7. The van der Waals surface area contributed by atoms with Crippen LogP contribution in [0.4, 0.5) is 0 Å². The number of methoxy groups -OCH3 is 1. The zero-order valence-electron chi connectivity index (χ0n) is 9.16. The number of benzene rings is 1. The Kier molecular flexibility index (Phi) is 4.39. The van der Waals surface area contributed by atoms with Gasteiger partial charge < -0.3 is 9.64 Å². The molecule has 0 atom stereocenters. The van der Waals surface area contributed by atoms with Gasteiger partial charge >= 0.3 is 0 Å². The van der Waals surface area contributed by atoms with Gasteiger partial charge in [0.25, 0.3) is 5.91 Å². The second-order valence-corrected chi connectivity index (χ2v) is 4.07. The topological polar surface area (TPSA) is 29.5 Å². The largest absolute Gasteiger partial charge is 0.496 e. The van der Waals surface area contributed by atoms with Crippen LogP contribution in [0.5, 0.6) is 5.75 Å². The molecule has 0 N–H and O–H groups in total. The van der Waals surface area contributed by atoms with E-state index in [0.717, 1.165) is 4.47 Å². The molecule has 0 radical (unpaired) electrons. The first-order valence-corrected chi connectivity index (χ1v) is 5.42. The van der Waals surface area contributed by atoms with Gasteiger partial charge in [-0.3, -0.25) is 4.79 Å². The maximum absolute atomic E-state index is 11.9. The molecule has 0 aliphatic heterocycles. The summed E-state index contributed by atoms with van der Waals surface area (Å²) in [5.41, 5.74) is 0.574. The minimum absolute atomic E-state index is 0.110. The van der Waals surface area contributed by atoms with E-state index in [0.29, 0.717) is 17.9 Å². The Morgan fingerprint density at radius 1 is 1.62 bits per heavy atom. The minimum Gasteiger partial charge on any atom is -0.496 e. The molecule has 4 heteroatoms. The Bertz CT molecular complexity index is 437. The molecule has 0 aromatic heterocycles. The molecule has 1 rings (SSSR count). The Morgan fingerprint density at radius 2 is 2.31 bits per heavy atom. The molecule has 0 aliphatic rings. The van der Waals surface area contributed by atoms with Crippen molar-refractivity contribution in [2.75, 3.05) is 20.7 Å². The molecule has 84 valence electrons. The fourth-order valence-corrected chi connectivity index (χ4v) is 1.77. The molecule has 16 heavy (non-hydrogen) atoms. The molecule has 0 aliphatic carbocycles. The summed E-state index contributed by atoms with van der Waals surface area (Å²) in [6.07, 6.45) is 5.15. The highest BCUT2D eigenvalue weighted by molar-refractivity contribution is 9.10. The third-order valence-electron chi connectivity index (χ3n) is 2.07. The normalized spacial score (nSPS) is 9.38. The molecule has 0 fully saturated rings. The third-order valence-corrected chi connectivity index (χ3v) is 2.69. The summed E-state index contributed by atoms with van der Waals surface area (Å²) in [5.74, 6) is 3.00. The van der Waals surface area contributed by atoms with Gasteiger partial charge in [-0.1, -0.05) is 5.92 Å². The van der Waals surface area contributed by atoms with E-state index < -0.39 is 0 Å². The molecule has 0 saturated carbocycles. The van der Waals surface area contributed by atoms with E-state index in [9.17, 15) is 4.79 Å². The van der Waals surface area contributed by atoms with Crippen LogP contribution < -0.4 is 4.74 Å². The van der Waals surface area contributed by atoms with Crippen LogP contribution in [0.2, 0.25) is 0 Å². The average molecular weight is 282 g/mol. The molecule has 1 aromatic carbocycles. The highest BCUT2D eigenvalue weighted by Gasteiger charge is 2.12. The van der Waals surface area contributed by atoms with Gasteiger partial charge in [-0.05, 0) is 34.1 Å². The standard InChI is InChI=1S/C12H12BrNO2/c1-4-7-14(2)12(15)9-5-6-11(16-3)10(13)8-9/h1,5-6,8H,7H2,2-3H3. The number of rotatable bonds is 3. The SMILES string of the molecule is C#CCN(C)C(=O)c1ccc(OC)c(Br)c1. The Balaban J connectivity index is 2.94. The number of terminal acetylenes is 1. The predicted molar refractivity (Wildman–Crippen MR) is 66.5 cm³/mol. The molecule has 0 heterocycles. The third kappa shape index (κ3) is 2.77. The second-order valence-electron chi connectivity index (χ2n) is 3.21. The molecule has 0 saturated heterocycles. The summed E-state index contributed by atoms with van der Waals surface area (Å²) in [6.45, 7) is 0.294. The molecule has 0 bridgehead atoms. The Hall–Kier alpha value is -1.47. The zero-order chi connectivity index (χ0) is 12.1. The number of nitrogens with zero attached hydrogens (tertiary/aromatic N) is 1. The maximum Gasteiger partial charge on any atom is 0.254 e. The van der Waals surface area contributed by atoms with Crippen molar-refractivity contribution in [3.05, 3.63) is 28.2 Å². The first kappa shape index (κ1) is 12.6. The van der Waals surface area contributed by atoms with E-state index >= 15 is 0 Å². The van der Waals surface area contributed by atoms with Crippen LogP contribution >= 0.6 is 15.9 Å². The van der Waals surface area contributed by atoms with Crippen molar-refractivity contribution in [2.45, 2.75) is 0 Å². The van der Waals surface area contributed by atoms with E-state index in [1.54, 1.807) is 32.4 Å². The molecule has 1 aromatic rings. The molecule has 0 spiro atoms. The second kappa shape index (κ2) is 5.57. The first-order chi connectivity index (χ1) is 7.60. The van der Waals surface area contributed by atoms with Gasteiger partial charge in [-0.25, -0.2) is 0 Å². The summed E-state index contributed by atoms with van der Waals surface area (Å²) >= 11 is 3.33. The number of carbonyl (C=O) groups is 1. The fraction of sp³-hybridized carbons (Fsp3) is 0.250. The average Bonchev–Trinajstić information content (AvgIpc) is 2.28. The van der Waals surface area contributed by atoms with Crippen LogP contribution in [0, 0.1) is 12.3 Å². The van der Waals surface area contributed by atoms with Gasteiger partial charge in [-0.15, -0.1) is 6.42 Å². The monoisotopic (exact) mass is 281 g/mol. The van der Waals surface area contributed by atoms with Crippen molar-refractivity contribution in [3.8, 4) is 18.1 Å². The minimum atomic E-state index is -0.110. The molecular weight excluding hydrogens is 270 g/mol. The maximum atomic E-state index is 11.9. The van der Waals surface area contributed by atoms with Gasteiger partial charge in [0.15, 0.2) is 0 Å². The smallest absolute Gasteiger partial charge is 0.254 e. The van der Waals surface area contributed by atoms with Gasteiger partial charge in [0.05, 0.1) is 18.1 Å². The quantitative estimate of drug-likeness (QED) is 0.795. The number of carbonyl (C=O) groups excluding carboxylic acids is 1. The van der Waals surface area contributed by atoms with Gasteiger partial charge in [-0.2, -0.15) is 0 Å². The van der Waals surface area contributed by atoms with Gasteiger partial charge in [0.2, 0.25) is 0 Å². The van der Waals surface area contributed by atoms with Crippen molar-refractivity contribution in [3.63, 3.8) is 0 Å². The van der Waals surface area contributed by atoms with E-state index in [-0.39, 0.29) is 5.91 Å². The lowest BCUT2D eigenvalue weighted by Gasteiger charge is -2.14. The summed E-state index contributed by atoms with van der Waals surface area (Å²) in [5, 5.41) is 0. The van der Waals surface area contributed by atoms with Crippen LogP contribution in [0.25, 0.3) is 0 Å². The van der Waals surface area contributed by atoms with Crippen molar-refractivity contribution in [2.24, 2.45) is 0 Å². The van der Waals surface area contributed by atoms with Crippen LogP contribution in [0.1, 0.15) is 10.4 Å². The molecule has 0 unspecified atom stereocenters.